The predicted molar refractivity (Wildman–Crippen MR) is 142 cm³/mol. The molecule has 9 atom stereocenters. The van der Waals surface area contributed by atoms with Gasteiger partial charge in [0.2, 0.25) is 0 Å². The molecular weight excluding hydrogens is 420 g/mol. The monoisotopic (exact) mass is 474 g/mol. The van der Waals surface area contributed by atoms with E-state index >= 15 is 0 Å². The Balaban J connectivity index is 1.56. The molecule has 0 bridgehead atoms. The summed E-state index contributed by atoms with van der Waals surface area (Å²) >= 11 is 0. The summed E-state index contributed by atoms with van der Waals surface area (Å²) in [4.78, 5) is 12.6. The zero-order valence-corrected chi connectivity index (χ0v) is 24.2. The number of carbonyl (C=O) groups excluding carboxylic acids is 1. The first-order chi connectivity index (χ1) is 15.3. The molecule has 190 valence electrons. The van der Waals surface area contributed by atoms with Crippen molar-refractivity contribution in [2.24, 2.45) is 52.3 Å². The van der Waals surface area contributed by atoms with Gasteiger partial charge >= 0.3 is 0 Å². The van der Waals surface area contributed by atoms with Crippen LogP contribution < -0.4 is 0 Å². The minimum atomic E-state index is -1.65. The van der Waals surface area contributed by atoms with E-state index in [1.54, 1.807) is 0 Å². The lowest BCUT2D eigenvalue weighted by Crippen LogP contribution is -2.59. The lowest BCUT2D eigenvalue weighted by molar-refractivity contribution is -0.163. The molecule has 0 saturated heterocycles. The second-order valence-electron chi connectivity index (χ2n) is 14.8. The van der Waals surface area contributed by atoms with E-state index in [9.17, 15) is 4.79 Å². The molecule has 0 amide bonds. The first-order valence-electron chi connectivity index (χ1n) is 14.5. The van der Waals surface area contributed by atoms with Crippen molar-refractivity contribution in [3.63, 3.8) is 0 Å². The first-order valence-corrected chi connectivity index (χ1v) is 18.0. The third-order valence-electron chi connectivity index (χ3n) is 11.2. The van der Waals surface area contributed by atoms with Crippen LogP contribution in [0.2, 0.25) is 19.6 Å². The van der Waals surface area contributed by atoms with Crippen LogP contribution in [0.15, 0.2) is 0 Å². The van der Waals surface area contributed by atoms with Gasteiger partial charge in [-0.3, -0.25) is 4.79 Å². The van der Waals surface area contributed by atoms with E-state index in [4.69, 9.17) is 4.43 Å². The Morgan fingerprint density at radius 3 is 2.30 bits per heavy atom. The van der Waals surface area contributed by atoms with Crippen molar-refractivity contribution in [3.05, 3.63) is 0 Å². The molecule has 0 N–H and O–H groups in total. The normalized spacial score (nSPS) is 44.3. The van der Waals surface area contributed by atoms with E-state index in [0.29, 0.717) is 28.6 Å². The summed E-state index contributed by atoms with van der Waals surface area (Å²) in [6, 6.07) is 0. The number of ketones is 1. The highest BCUT2D eigenvalue weighted by Gasteiger charge is 2.62. The molecule has 2 unspecified atom stereocenters. The molecule has 4 aliphatic rings. The van der Waals surface area contributed by atoms with E-state index in [-0.39, 0.29) is 0 Å². The van der Waals surface area contributed by atoms with Gasteiger partial charge in [-0.05, 0) is 110 Å². The minimum absolute atomic E-state index is 0.309. The fraction of sp³-hybridized carbons (Fsp3) is 0.967. The summed E-state index contributed by atoms with van der Waals surface area (Å²) in [6.07, 6.45) is 14.2. The molecule has 3 heteroatoms. The largest absolute Gasteiger partial charge is 0.414 e. The second-order valence-corrected chi connectivity index (χ2v) is 19.2. The number of Topliss-reactive ketones (excluding diaryl/α,β-unsaturated/α-hetero) is 1. The lowest BCUT2D eigenvalue weighted by Gasteiger charge is -2.62. The third kappa shape index (κ3) is 4.93. The smallest absolute Gasteiger partial charge is 0.184 e. The summed E-state index contributed by atoms with van der Waals surface area (Å²) in [7, 11) is -1.65. The van der Waals surface area contributed by atoms with Gasteiger partial charge in [0.1, 0.15) is 5.78 Å². The Morgan fingerprint density at radius 2 is 1.64 bits per heavy atom. The average molecular weight is 475 g/mol. The molecule has 0 heterocycles. The summed E-state index contributed by atoms with van der Waals surface area (Å²) in [5.74, 6) is 6.06. The van der Waals surface area contributed by atoms with Gasteiger partial charge in [0.05, 0.1) is 0 Å². The summed E-state index contributed by atoms with van der Waals surface area (Å²) in [5, 5.41) is 0. The van der Waals surface area contributed by atoms with Gasteiger partial charge in [-0.2, -0.15) is 0 Å². The molecule has 4 rings (SSSR count). The maximum absolute atomic E-state index is 12.6. The van der Waals surface area contributed by atoms with Crippen LogP contribution in [0.25, 0.3) is 0 Å². The molecule has 0 aromatic carbocycles. The van der Waals surface area contributed by atoms with E-state index in [1.807, 2.05) is 0 Å². The number of carbonyl (C=O) groups is 1. The topological polar surface area (TPSA) is 26.3 Å². The summed E-state index contributed by atoms with van der Waals surface area (Å²) in [6.45, 7) is 19.6. The standard InChI is InChI=1S/C30H54O2Si/c1-20(2)10-9-11-21(3)24-12-13-25-23-19-28(32-33(6,7)8)27-18-22(31)14-16-30(27,5)26(23)15-17-29(24,25)4/h20-21,23-28H,9-19H2,1-8H3/t21-,23+,24-,25+,26+,27?,28?,29-,30-/m1/s1. The van der Waals surface area contributed by atoms with Crippen molar-refractivity contribution in [2.45, 2.75) is 131 Å². The number of fused-ring (bicyclic) bond motifs is 5. The quantitative estimate of drug-likeness (QED) is 0.346. The minimum Gasteiger partial charge on any atom is -0.414 e. The van der Waals surface area contributed by atoms with Gasteiger partial charge in [-0.25, -0.2) is 0 Å². The lowest BCUT2D eigenvalue weighted by atomic mass is 9.44. The SMILES string of the molecule is CC(C)CCC[C@@H](C)[C@H]1CC[C@H]2[C@@H]3CC(O[Si](C)(C)C)C4CC(=O)CC[C@]4(C)[C@H]3CC[C@]12C. The van der Waals surface area contributed by atoms with Crippen LogP contribution in [-0.4, -0.2) is 20.2 Å². The maximum Gasteiger partial charge on any atom is 0.184 e. The Labute approximate surface area is 206 Å². The van der Waals surface area contributed by atoms with Gasteiger partial charge in [-0.1, -0.05) is 53.9 Å². The Bertz CT molecular complexity index is 711. The fourth-order valence-electron chi connectivity index (χ4n) is 9.67. The molecule has 2 nitrogen and oxygen atoms in total. The molecule has 0 aromatic rings. The predicted octanol–water partition coefficient (Wildman–Crippen LogP) is 8.51. The molecular formula is C30H54O2Si. The Hall–Kier alpha value is -0.153. The van der Waals surface area contributed by atoms with Crippen LogP contribution in [0.1, 0.15) is 105 Å². The van der Waals surface area contributed by atoms with Crippen LogP contribution in [-0.2, 0) is 9.22 Å². The summed E-state index contributed by atoms with van der Waals surface area (Å²) < 4.78 is 6.93. The molecule has 0 aromatic heterocycles. The van der Waals surface area contributed by atoms with Gasteiger partial charge < -0.3 is 4.43 Å². The zero-order chi connectivity index (χ0) is 24.2. The molecule has 4 saturated carbocycles. The van der Waals surface area contributed by atoms with E-state index in [0.717, 1.165) is 54.8 Å². The van der Waals surface area contributed by atoms with E-state index in [2.05, 4.69) is 54.3 Å². The van der Waals surface area contributed by atoms with Gasteiger partial charge in [0.25, 0.3) is 0 Å². The van der Waals surface area contributed by atoms with Crippen LogP contribution in [0.5, 0.6) is 0 Å². The first kappa shape index (κ1) is 25.9. The second kappa shape index (κ2) is 9.38. The van der Waals surface area contributed by atoms with Gasteiger partial charge in [-0.15, -0.1) is 0 Å². The molecule has 4 aliphatic carbocycles. The highest BCUT2D eigenvalue weighted by Crippen LogP contribution is 2.68. The van der Waals surface area contributed by atoms with Crippen LogP contribution in [0, 0.1) is 52.3 Å². The van der Waals surface area contributed by atoms with Crippen molar-refractivity contribution in [2.75, 3.05) is 0 Å². The Morgan fingerprint density at radius 1 is 0.939 bits per heavy atom. The fourth-order valence-corrected chi connectivity index (χ4v) is 10.8. The summed E-state index contributed by atoms with van der Waals surface area (Å²) in [5.41, 5.74) is 0.833. The van der Waals surface area contributed by atoms with E-state index < -0.39 is 8.32 Å². The zero-order valence-electron chi connectivity index (χ0n) is 23.2. The number of rotatable bonds is 7. The maximum atomic E-state index is 12.6. The van der Waals surface area contributed by atoms with Crippen LogP contribution in [0.3, 0.4) is 0 Å². The number of hydrogen-bond acceptors (Lipinski definition) is 2. The molecule has 33 heavy (non-hydrogen) atoms. The van der Waals surface area contributed by atoms with Gasteiger partial charge in [0.15, 0.2) is 8.32 Å². The highest BCUT2D eigenvalue weighted by molar-refractivity contribution is 6.69. The van der Waals surface area contributed by atoms with Crippen molar-refractivity contribution >= 4 is 14.1 Å². The molecule has 4 fully saturated rings. The highest BCUT2D eigenvalue weighted by atomic mass is 28.4. The average Bonchev–Trinajstić information content (AvgIpc) is 3.05. The molecule has 0 spiro atoms. The van der Waals surface area contributed by atoms with Crippen molar-refractivity contribution < 1.29 is 9.22 Å². The Kier molecular flexibility index (Phi) is 7.37. The van der Waals surface area contributed by atoms with Crippen molar-refractivity contribution in [1.82, 2.24) is 0 Å². The van der Waals surface area contributed by atoms with E-state index in [1.165, 1.54) is 51.4 Å². The molecule has 0 radical (unpaired) electrons. The van der Waals surface area contributed by atoms with Crippen LogP contribution in [0.4, 0.5) is 0 Å². The number of hydrogen-bond donors (Lipinski definition) is 0. The van der Waals surface area contributed by atoms with Crippen LogP contribution >= 0.6 is 0 Å². The van der Waals surface area contributed by atoms with Gasteiger partial charge in [0, 0.05) is 18.9 Å². The van der Waals surface area contributed by atoms with Crippen molar-refractivity contribution in [3.8, 4) is 0 Å². The van der Waals surface area contributed by atoms with Crippen molar-refractivity contribution in [1.29, 1.82) is 0 Å². The molecule has 0 aliphatic heterocycles. The third-order valence-corrected chi connectivity index (χ3v) is 12.2.